The maximum absolute atomic E-state index is 11.4. The molecule has 102 valence electrons. The summed E-state index contributed by atoms with van der Waals surface area (Å²) in [5.74, 6) is 0.0424. The molecule has 0 aliphatic carbocycles. The van der Waals surface area contributed by atoms with Gasteiger partial charge in [-0.2, -0.15) is 0 Å². The quantitative estimate of drug-likeness (QED) is 0.809. The second-order valence-electron chi connectivity index (χ2n) is 4.56. The predicted octanol–water partition coefficient (Wildman–Crippen LogP) is 0.841. The van der Waals surface area contributed by atoms with Crippen LogP contribution in [-0.2, 0) is 18.3 Å². The van der Waals surface area contributed by atoms with Gasteiger partial charge in [0, 0.05) is 13.6 Å². The van der Waals surface area contributed by atoms with E-state index in [1.165, 1.54) is 5.56 Å². The van der Waals surface area contributed by atoms with Crippen molar-refractivity contribution in [3.63, 3.8) is 0 Å². The van der Waals surface area contributed by atoms with Crippen molar-refractivity contribution in [2.75, 3.05) is 19.6 Å². The van der Waals surface area contributed by atoms with Crippen LogP contribution in [0, 0.1) is 0 Å². The Labute approximate surface area is 113 Å². The van der Waals surface area contributed by atoms with Gasteiger partial charge in [0.1, 0.15) is 0 Å². The van der Waals surface area contributed by atoms with Crippen LogP contribution in [-0.4, -0.2) is 35.1 Å². The van der Waals surface area contributed by atoms with Crippen molar-refractivity contribution < 1.29 is 4.79 Å². The minimum Gasteiger partial charge on any atom is -0.355 e. The monoisotopic (exact) mass is 260 g/mol. The Morgan fingerprint density at radius 1 is 1.42 bits per heavy atom. The van der Waals surface area contributed by atoms with Gasteiger partial charge in [-0.3, -0.25) is 4.79 Å². The third-order valence-corrected chi connectivity index (χ3v) is 3.06. The first-order chi connectivity index (χ1) is 9.20. The maximum Gasteiger partial charge on any atom is 0.233 e. The summed E-state index contributed by atoms with van der Waals surface area (Å²) in [6.07, 6.45) is 2.64. The van der Waals surface area contributed by atoms with Gasteiger partial charge < -0.3 is 15.2 Å². The average molecular weight is 260 g/mol. The zero-order chi connectivity index (χ0) is 13.7. The Morgan fingerprint density at radius 2 is 2.26 bits per heavy atom. The molecular weight excluding hydrogens is 240 g/mol. The lowest BCUT2D eigenvalue weighted by molar-refractivity contribution is -0.120. The summed E-state index contributed by atoms with van der Waals surface area (Å²) < 4.78 is 2.00. The lowest BCUT2D eigenvalue weighted by atomic mass is 10.1. The number of aromatic nitrogens is 2. The average Bonchev–Trinajstić information content (AvgIpc) is 2.78. The summed E-state index contributed by atoms with van der Waals surface area (Å²) in [6, 6.07) is 6.23. The molecular formula is C14H20N4O. The van der Waals surface area contributed by atoms with Gasteiger partial charge in [-0.1, -0.05) is 13.0 Å². The Kier molecular flexibility index (Phi) is 4.52. The van der Waals surface area contributed by atoms with Gasteiger partial charge in [-0.05, 0) is 30.7 Å². The molecule has 0 aliphatic heterocycles. The standard InChI is InChI=1S/C14H20N4O/c1-3-15-9-14(19)16-7-6-11-4-5-13-12(8-11)17-10-18(13)2/h4-5,8,10,15H,3,6-7,9H2,1-2H3,(H,16,19). The first-order valence-electron chi connectivity index (χ1n) is 6.58. The fraction of sp³-hybridized carbons (Fsp3) is 0.429. The molecule has 5 nitrogen and oxygen atoms in total. The van der Waals surface area contributed by atoms with Crippen molar-refractivity contribution in [3.8, 4) is 0 Å². The summed E-state index contributed by atoms with van der Waals surface area (Å²) in [4.78, 5) is 15.7. The van der Waals surface area contributed by atoms with Crippen molar-refractivity contribution in [3.05, 3.63) is 30.1 Å². The van der Waals surface area contributed by atoms with E-state index in [1.807, 2.05) is 24.9 Å². The number of carbonyl (C=O) groups is 1. The molecule has 0 saturated heterocycles. The van der Waals surface area contributed by atoms with E-state index in [2.05, 4.69) is 33.8 Å². The first-order valence-corrected chi connectivity index (χ1v) is 6.58. The van der Waals surface area contributed by atoms with Gasteiger partial charge in [-0.25, -0.2) is 4.98 Å². The molecule has 2 N–H and O–H groups in total. The molecule has 19 heavy (non-hydrogen) atoms. The second kappa shape index (κ2) is 6.33. The SMILES string of the molecule is CCNCC(=O)NCCc1ccc2c(c1)ncn2C. The Morgan fingerprint density at radius 3 is 3.05 bits per heavy atom. The number of imidazole rings is 1. The number of hydrogen-bond acceptors (Lipinski definition) is 3. The van der Waals surface area contributed by atoms with Crippen molar-refractivity contribution in [2.24, 2.45) is 7.05 Å². The summed E-state index contributed by atoms with van der Waals surface area (Å²) in [5.41, 5.74) is 3.31. The molecule has 0 bridgehead atoms. The second-order valence-corrected chi connectivity index (χ2v) is 4.56. The number of nitrogens with one attached hydrogen (secondary N) is 2. The van der Waals surface area contributed by atoms with Gasteiger partial charge in [0.15, 0.2) is 0 Å². The zero-order valence-corrected chi connectivity index (χ0v) is 11.4. The van der Waals surface area contributed by atoms with Crippen molar-refractivity contribution >= 4 is 16.9 Å². The van der Waals surface area contributed by atoms with E-state index in [-0.39, 0.29) is 5.91 Å². The largest absolute Gasteiger partial charge is 0.355 e. The molecule has 5 heteroatoms. The first kappa shape index (κ1) is 13.5. The van der Waals surface area contributed by atoms with E-state index in [9.17, 15) is 4.79 Å². The topological polar surface area (TPSA) is 59.0 Å². The van der Waals surface area contributed by atoms with Crippen LogP contribution >= 0.6 is 0 Å². The lowest BCUT2D eigenvalue weighted by Crippen LogP contribution is -2.34. The van der Waals surface area contributed by atoms with Crippen molar-refractivity contribution in [2.45, 2.75) is 13.3 Å². The van der Waals surface area contributed by atoms with Gasteiger partial charge in [0.2, 0.25) is 5.91 Å². The molecule has 2 aromatic rings. The molecule has 0 fully saturated rings. The van der Waals surface area contributed by atoms with E-state index in [0.29, 0.717) is 13.1 Å². The summed E-state index contributed by atoms with van der Waals surface area (Å²) in [5, 5.41) is 5.89. The maximum atomic E-state index is 11.4. The van der Waals surface area contributed by atoms with Gasteiger partial charge in [0.25, 0.3) is 0 Å². The molecule has 0 saturated carbocycles. The third-order valence-electron chi connectivity index (χ3n) is 3.06. The van der Waals surface area contributed by atoms with Crippen molar-refractivity contribution in [1.82, 2.24) is 20.2 Å². The van der Waals surface area contributed by atoms with Crippen LogP contribution in [0.5, 0.6) is 0 Å². The molecule has 1 aromatic carbocycles. The smallest absolute Gasteiger partial charge is 0.233 e. The van der Waals surface area contributed by atoms with Crippen LogP contribution in [0.3, 0.4) is 0 Å². The number of rotatable bonds is 6. The number of aryl methyl sites for hydroxylation is 1. The zero-order valence-electron chi connectivity index (χ0n) is 11.4. The van der Waals surface area contributed by atoms with Crippen molar-refractivity contribution in [1.29, 1.82) is 0 Å². The Hall–Kier alpha value is -1.88. The van der Waals surface area contributed by atoms with Crippen LogP contribution in [0.15, 0.2) is 24.5 Å². The van der Waals surface area contributed by atoms with Crippen LogP contribution in [0.2, 0.25) is 0 Å². The number of fused-ring (bicyclic) bond motifs is 1. The Bertz CT molecular complexity index is 562. The van der Waals surface area contributed by atoms with Crippen LogP contribution in [0.1, 0.15) is 12.5 Å². The highest BCUT2D eigenvalue weighted by atomic mass is 16.1. The highest BCUT2D eigenvalue weighted by Crippen LogP contribution is 2.13. The number of amides is 1. The molecule has 0 aliphatic rings. The molecule has 0 spiro atoms. The summed E-state index contributed by atoms with van der Waals surface area (Å²) >= 11 is 0. The number of carbonyl (C=O) groups excluding carboxylic acids is 1. The highest BCUT2D eigenvalue weighted by molar-refractivity contribution is 5.78. The highest BCUT2D eigenvalue weighted by Gasteiger charge is 2.02. The Balaban J connectivity index is 1.86. The molecule has 2 rings (SSSR count). The molecule has 0 atom stereocenters. The lowest BCUT2D eigenvalue weighted by Gasteiger charge is -2.06. The molecule has 0 radical (unpaired) electrons. The van der Waals surface area contributed by atoms with E-state index < -0.39 is 0 Å². The van der Waals surface area contributed by atoms with E-state index in [4.69, 9.17) is 0 Å². The molecule has 1 heterocycles. The third kappa shape index (κ3) is 3.54. The number of nitrogens with zero attached hydrogens (tertiary/aromatic N) is 2. The molecule has 0 unspecified atom stereocenters. The fourth-order valence-corrected chi connectivity index (χ4v) is 1.98. The summed E-state index contributed by atoms with van der Waals surface area (Å²) in [6.45, 7) is 3.83. The van der Waals surface area contributed by atoms with E-state index in [1.54, 1.807) is 0 Å². The van der Waals surface area contributed by atoms with Gasteiger partial charge in [-0.15, -0.1) is 0 Å². The van der Waals surface area contributed by atoms with Gasteiger partial charge in [0.05, 0.1) is 23.9 Å². The fourth-order valence-electron chi connectivity index (χ4n) is 1.98. The van der Waals surface area contributed by atoms with Crippen LogP contribution in [0.25, 0.3) is 11.0 Å². The van der Waals surface area contributed by atoms with Crippen LogP contribution < -0.4 is 10.6 Å². The van der Waals surface area contributed by atoms with E-state index in [0.717, 1.165) is 24.0 Å². The minimum absolute atomic E-state index is 0.0424. The van der Waals surface area contributed by atoms with Crippen LogP contribution in [0.4, 0.5) is 0 Å². The number of likely N-dealkylation sites (N-methyl/N-ethyl adjacent to an activating group) is 1. The molecule has 1 amide bonds. The number of hydrogen-bond donors (Lipinski definition) is 2. The number of benzene rings is 1. The van der Waals surface area contributed by atoms with E-state index >= 15 is 0 Å². The molecule has 1 aromatic heterocycles. The normalized spacial score (nSPS) is 10.8. The van der Waals surface area contributed by atoms with Gasteiger partial charge >= 0.3 is 0 Å². The summed E-state index contributed by atoms with van der Waals surface area (Å²) in [7, 11) is 1.98. The minimum atomic E-state index is 0.0424. The predicted molar refractivity (Wildman–Crippen MR) is 76.0 cm³/mol.